The van der Waals surface area contributed by atoms with Crippen LogP contribution in [0, 0.1) is 25.7 Å². The lowest BCUT2D eigenvalue weighted by Gasteiger charge is -2.23. The Labute approximate surface area is 149 Å². The molecular weight excluding hydrogens is 314 g/mol. The standard InChI is InChI=1S/C20H27N3O2/c1-13-7-8-23(11-14(2)9-13)20(24)22-17-6-5-15(3)18(10-17)19-21-16(4)12-25-19/h5-6,10,12-14H,7-9,11H2,1-4H3,(H,22,24). The van der Waals surface area contributed by atoms with Gasteiger partial charge in [-0.2, -0.15) is 0 Å². The van der Waals surface area contributed by atoms with E-state index in [9.17, 15) is 4.79 Å². The molecule has 1 aromatic carbocycles. The minimum absolute atomic E-state index is 0.0284. The summed E-state index contributed by atoms with van der Waals surface area (Å²) in [7, 11) is 0. The number of oxazole rings is 1. The topological polar surface area (TPSA) is 58.4 Å². The van der Waals surface area contributed by atoms with E-state index in [0.29, 0.717) is 17.7 Å². The van der Waals surface area contributed by atoms with E-state index in [4.69, 9.17) is 4.42 Å². The maximum atomic E-state index is 12.7. The number of nitrogens with one attached hydrogen (secondary N) is 1. The van der Waals surface area contributed by atoms with Crippen molar-refractivity contribution in [3.63, 3.8) is 0 Å². The number of carbonyl (C=O) groups is 1. The van der Waals surface area contributed by atoms with Crippen LogP contribution in [0.1, 0.15) is 37.9 Å². The lowest BCUT2D eigenvalue weighted by atomic mass is 9.97. The highest BCUT2D eigenvalue weighted by atomic mass is 16.3. The predicted molar refractivity (Wildman–Crippen MR) is 99.6 cm³/mol. The van der Waals surface area contributed by atoms with Gasteiger partial charge in [-0.3, -0.25) is 0 Å². The largest absolute Gasteiger partial charge is 0.444 e. The van der Waals surface area contributed by atoms with E-state index in [1.54, 1.807) is 6.26 Å². The number of hydrogen-bond donors (Lipinski definition) is 1. The first kappa shape index (κ1) is 17.5. The minimum atomic E-state index is -0.0284. The molecule has 134 valence electrons. The van der Waals surface area contributed by atoms with Gasteiger partial charge in [-0.15, -0.1) is 0 Å². The van der Waals surface area contributed by atoms with Crippen LogP contribution < -0.4 is 5.32 Å². The van der Waals surface area contributed by atoms with Crippen LogP contribution in [0.4, 0.5) is 10.5 Å². The molecule has 2 aromatic rings. The van der Waals surface area contributed by atoms with Crippen molar-refractivity contribution < 1.29 is 9.21 Å². The van der Waals surface area contributed by atoms with E-state index in [-0.39, 0.29) is 6.03 Å². The molecule has 5 nitrogen and oxygen atoms in total. The lowest BCUT2D eigenvalue weighted by Crippen LogP contribution is -2.37. The zero-order valence-corrected chi connectivity index (χ0v) is 15.5. The Morgan fingerprint density at radius 3 is 2.80 bits per heavy atom. The van der Waals surface area contributed by atoms with E-state index in [1.165, 1.54) is 6.42 Å². The molecule has 0 spiro atoms. The van der Waals surface area contributed by atoms with E-state index in [1.807, 2.05) is 36.9 Å². The first-order chi connectivity index (χ1) is 11.9. The van der Waals surface area contributed by atoms with Crippen molar-refractivity contribution in [2.24, 2.45) is 11.8 Å². The van der Waals surface area contributed by atoms with Crippen LogP contribution in [0.25, 0.3) is 11.5 Å². The molecule has 0 radical (unpaired) electrons. The molecule has 1 fully saturated rings. The minimum Gasteiger partial charge on any atom is -0.444 e. The maximum absolute atomic E-state index is 12.7. The molecule has 2 amide bonds. The van der Waals surface area contributed by atoms with Crippen LogP contribution >= 0.6 is 0 Å². The van der Waals surface area contributed by atoms with Crippen LogP contribution in [0.5, 0.6) is 0 Å². The molecule has 1 N–H and O–H groups in total. The van der Waals surface area contributed by atoms with Crippen molar-refractivity contribution in [2.45, 2.75) is 40.5 Å². The number of amides is 2. The highest BCUT2D eigenvalue weighted by molar-refractivity contribution is 5.90. The number of anilines is 1. The van der Waals surface area contributed by atoms with E-state index in [0.717, 1.165) is 42.0 Å². The smallest absolute Gasteiger partial charge is 0.321 e. The average molecular weight is 341 g/mol. The van der Waals surface area contributed by atoms with Crippen LogP contribution in [0.2, 0.25) is 0 Å². The Bertz CT molecular complexity index is 753. The maximum Gasteiger partial charge on any atom is 0.321 e. The quantitative estimate of drug-likeness (QED) is 0.849. The van der Waals surface area contributed by atoms with Gasteiger partial charge in [-0.25, -0.2) is 9.78 Å². The second kappa shape index (κ2) is 7.30. The molecule has 1 saturated heterocycles. The van der Waals surface area contributed by atoms with Gasteiger partial charge < -0.3 is 14.6 Å². The second-order valence-electron chi connectivity index (χ2n) is 7.43. The zero-order valence-electron chi connectivity index (χ0n) is 15.5. The van der Waals surface area contributed by atoms with Crippen molar-refractivity contribution in [3.8, 4) is 11.5 Å². The number of nitrogens with zero attached hydrogens (tertiary/aromatic N) is 2. The molecule has 0 saturated carbocycles. The van der Waals surface area contributed by atoms with Crippen molar-refractivity contribution in [1.29, 1.82) is 0 Å². The van der Waals surface area contributed by atoms with Crippen LogP contribution in [0.3, 0.4) is 0 Å². The summed E-state index contributed by atoms with van der Waals surface area (Å²) in [6.07, 6.45) is 3.88. The summed E-state index contributed by atoms with van der Waals surface area (Å²) in [5.74, 6) is 1.79. The molecule has 5 heteroatoms. The summed E-state index contributed by atoms with van der Waals surface area (Å²) in [5.41, 5.74) is 3.59. The predicted octanol–water partition coefficient (Wildman–Crippen LogP) is 4.86. The molecule has 1 aliphatic heterocycles. The Hall–Kier alpha value is -2.30. The van der Waals surface area contributed by atoms with Gasteiger partial charge in [0.15, 0.2) is 0 Å². The van der Waals surface area contributed by atoms with Crippen molar-refractivity contribution in [2.75, 3.05) is 18.4 Å². The van der Waals surface area contributed by atoms with Gasteiger partial charge in [0.2, 0.25) is 5.89 Å². The number of carbonyl (C=O) groups excluding carboxylic acids is 1. The highest BCUT2D eigenvalue weighted by Crippen LogP contribution is 2.27. The van der Waals surface area contributed by atoms with E-state index in [2.05, 4.69) is 24.1 Å². The zero-order chi connectivity index (χ0) is 18.0. The number of aromatic nitrogens is 1. The van der Waals surface area contributed by atoms with E-state index < -0.39 is 0 Å². The van der Waals surface area contributed by atoms with E-state index >= 15 is 0 Å². The third-order valence-electron chi connectivity index (χ3n) is 4.85. The third kappa shape index (κ3) is 4.21. The fourth-order valence-corrected chi connectivity index (χ4v) is 3.52. The molecular formula is C20H27N3O2. The van der Waals surface area contributed by atoms with Gasteiger partial charge in [0.1, 0.15) is 6.26 Å². The molecule has 2 unspecified atom stereocenters. The summed E-state index contributed by atoms with van der Waals surface area (Å²) in [6, 6.07) is 5.82. The Kier molecular flexibility index (Phi) is 5.11. The number of rotatable bonds is 2. The van der Waals surface area contributed by atoms with Crippen LogP contribution in [-0.2, 0) is 0 Å². The summed E-state index contributed by atoms with van der Waals surface area (Å²) in [6.45, 7) is 10.0. The number of benzene rings is 1. The molecule has 0 aliphatic carbocycles. The molecule has 0 bridgehead atoms. The summed E-state index contributed by atoms with van der Waals surface area (Å²) >= 11 is 0. The van der Waals surface area contributed by atoms with Gasteiger partial charge in [-0.05, 0) is 56.2 Å². The summed E-state index contributed by atoms with van der Waals surface area (Å²) in [5, 5.41) is 3.04. The SMILES string of the molecule is Cc1coc(-c2cc(NC(=O)N3CCC(C)CC(C)C3)ccc2C)n1. The average Bonchev–Trinajstić information content (AvgIpc) is 2.91. The number of hydrogen-bond acceptors (Lipinski definition) is 3. The van der Waals surface area contributed by atoms with Gasteiger partial charge in [0.25, 0.3) is 0 Å². The lowest BCUT2D eigenvalue weighted by molar-refractivity contribution is 0.207. The second-order valence-corrected chi connectivity index (χ2v) is 7.43. The summed E-state index contributed by atoms with van der Waals surface area (Å²) < 4.78 is 5.52. The fourth-order valence-electron chi connectivity index (χ4n) is 3.52. The van der Waals surface area contributed by atoms with Crippen LogP contribution in [-0.4, -0.2) is 29.0 Å². The monoisotopic (exact) mass is 341 g/mol. The Balaban J connectivity index is 1.75. The summed E-state index contributed by atoms with van der Waals surface area (Å²) in [4.78, 5) is 19.0. The highest BCUT2D eigenvalue weighted by Gasteiger charge is 2.23. The van der Waals surface area contributed by atoms with Gasteiger partial charge in [0.05, 0.1) is 5.69 Å². The molecule has 1 aliphatic rings. The van der Waals surface area contributed by atoms with Crippen LogP contribution in [0.15, 0.2) is 28.9 Å². The van der Waals surface area contributed by atoms with Crippen molar-refractivity contribution >= 4 is 11.7 Å². The first-order valence-electron chi connectivity index (χ1n) is 9.01. The number of aryl methyl sites for hydroxylation is 2. The molecule has 25 heavy (non-hydrogen) atoms. The van der Waals surface area contributed by atoms with Gasteiger partial charge in [-0.1, -0.05) is 19.9 Å². The fraction of sp³-hybridized carbons (Fsp3) is 0.500. The van der Waals surface area contributed by atoms with Gasteiger partial charge >= 0.3 is 6.03 Å². The molecule has 2 atom stereocenters. The number of likely N-dealkylation sites (tertiary alicyclic amines) is 1. The van der Waals surface area contributed by atoms with Crippen molar-refractivity contribution in [1.82, 2.24) is 9.88 Å². The normalized spacial score (nSPS) is 21.0. The first-order valence-corrected chi connectivity index (χ1v) is 9.01. The third-order valence-corrected chi connectivity index (χ3v) is 4.85. The van der Waals surface area contributed by atoms with Gasteiger partial charge in [0, 0.05) is 24.3 Å². The molecule has 2 heterocycles. The molecule has 1 aromatic heterocycles. The Morgan fingerprint density at radius 2 is 2.08 bits per heavy atom. The van der Waals surface area contributed by atoms with Crippen molar-refractivity contribution in [3.05, 3.63) is 35.7 Å². The number of urea groups is 1. The Morgan fingerprint density at radius 1 is 1.28 bits per heavy atom. The molecule has 3 rings (SSSR count).